The van der Waals surface area contributed by atoms with E-state index >= 15 is 0 Å². The van der Waals surface area contributed by atoms with Crippen LogP contribution in [0.1, 0.15) is 26.2 Å². The van der Waals surface area contributed by atoms with Crippen molar-refractivity contribution in [2.24, 2.45) is 0 Å². The van der Waals surface area contributed by atoms with Crippen LogP contribution in [0.3, 0.4) is 0 Å². The van der Waals surface area contributed by atoms with E-state index in [1.807, 2.05) is 44.2 Å². The maximum Gasteiger partial charge on any atom is 0.246 e. The summed E-state index contributed by atoms with van der Waals surface area (Å²) in [7, 11) is 1.68. The second-order valence-corrected chi connectivity index (χ2v) is 6.97. The van der Waals surface area contributed by atoms with Crippen LogP contribution in [-0.2, 0) is 16.1 Å². The lowest BCUT2D eigenvalue weighted by atomic mass is 10.1. The van der Waals surface area contributed by atoms with Gasteiger partial charge in [0.1, 0.15) is 0 Å². The zero-order valence-electron chi connectivity index (χ0n) is 15.9. The molecule has 1 aromatic carbocycles. The van der Waals surface area contributed by atoms with Gasteiger partial charge in [0, 0.05) is 31.7 Å². The zero-order valence-corrected chi connectivity index (χ0v) is 15.9. The van der Waals surface area contributed by atoms with Gasteiger partial charge in [-0.2, -0.15) is 4.98 Å². The second-order valence-electron chi connectivity index (χ2n) is 6.97. The molecule has 1 fully saturated rings. The lowest BCUT2D eigenvalue weighted by Gasteiger charge is -2.37. The Kier molecular flexibility index (Phi) is 5.85. The van der Waals surface area contributed by atoms with Crippen LogP contribution in [-0.4, -0.2) is 64.0 Å². The highest BCUT2D eigenvalue weighted by Crippen LogP contribution is 2.17. The Hall–Kier alpha value is -2.74. The number of piperazine rings is 1. The van der Waals surface area contributed by atoms with E-state index in [0.29, 0.717) is 18.3 Å². The highest BCUT2D eigenvalue weighted by molar-refractivity contribution is 5.88. The summed E-state index contributed by atoms with van der Waals surface area (Å²) in [4.78, 5) is 32.8. The van der Waals surface area contributed by atoms with Crippen LogP contribution in [0.2, 0.25) is 0 Å². The number of nitrogens with one attached hydrogen (secondary N) is 1. The molecule has 144 valence electrons. The summed E-state index contributed by atoms with van der Waals surface area (Å²) < 4.78 is 5.27. The highest BCUT2D eigenvalue weighted by atomic mass is 16.5. The van der Waals surface area contributed by atoms with E-state index in [9.17, 15) is 9.59 Å². The van der Waals surface area contributed by atoms with Crippen molar-refractivity contribution in [2.45, 2.75) is 38.9 Å². The van der Waals surface area contributed by atoms with Crippen LogP contribution >= 0.6 is 0 Å². The van der Waals surface area contributed by atoms with Crippen LogP contribution in [0.5, 0.6) is 0 Å². The number of hydrogen-bond acceptors (Lipinski definition) is 6. The van der Waals surface area contributed by atoms with Gasteiger partial charge in [-0.05, 0) is 13.8 Å². The number of amides is 2. The standard InChI is InChI=1S/C19H25N5O3/c1-13(2)24-10-9-20-19(26)15(24)11-17(25)23(3)12-16-21-18(22-27-16)14-7-5-4-6-8-14/h4-8,13,15H,9-12H2,1-3H3,(H,20,26)/t15-/m0/s1. The number of nitrogens with zero attached hydrogens (tertiary/aromatic N) is 4. The molecule has 0 spiro atoms. The molecule has 0 radical (unpaired) electrons. The molecule has 8 nitrogen and oxygen atoms in total. The van der Waals surface area contributed by atoms with E-state index in [1.165, 1.54) is 4.90 Å². The normalized spacial score (nSPS) is 17.8. The Labute approximate surface area is 158 Å². The average molecular weight is 371 g/mol. The van der Waals surface area contributed by atoms with E-state index in [2.05, 4.69) is 20.4 Å². The second kappa shape index (κ2) is 8.30. The molecule has 3 rings (SSSR count). The fourth-order valence-corrected chi connectivity index (χ4v) is 3.20. The first kappa shape index (κ1) is 19.0. The van der Waals surface area contributed by atoms with Gasteiger partial charge in [-0.1, -0.05) is 35.5 Å². The SMILES string of the molecule is CC(C)N1CCNC(=O)[C@@H]1CC(=O)N(C)Cc1nc(-c2ccccc2)no1. The van der Waals surface area contributed by atoms with Gasteiger partial charge in [-0.3, -0.25) is 14.5 Å². The third-order valence-corrected chi connectivity index (χ3v) is 4.70. The van der Waals surface area contributed by atoms with Crippen LogP contribution in [0.4, 0.5) is 0 Å². The monoisotopic (exact) mass is 371 g/mol. The molecule has 2 amide bonds. The third kappa shape index (κ3) is 4.51. The molecule has 1 N–H and O–H groups in total. The number of rotatable bonds is 6. The summed E-state index contributed by atoms with van der Waals surface area (Å²) in [6.07, 6.45) is 0.125. The first-order valence-corrected chi connectivity index (χ1v) is 9.11. The molecule has 0 aliphatic carbocycles. The smallest absolute Gasteiger partial charge is 0.246 e. The number of hydrogen-bond donors (Lipinski definition) is 1. The van der Waals surface area contributed by atoms with Crippen molar-refractivity contribution >= 4 is 11.8 Å². The molecule has 0 unspecified atom stereocenters. The molecule has 0 bridgehead atoms. The molecule has 1 atom stereocenters. The maximum absolute atomic E-state index is 12.6. The van der Waals surface area contributed by atoms with Crippen molar-refractivity contribution in [3.63, 3.8) is 0 Å². The lowest BCUT2D eigenvalue weighted by molar-refractivity contribution is -0.139. The Morgan fingerprint density at radius 3 is 2.81 bits per heavy atom. The first-order chi connectivity index (χ1) is 13.0. The minimum absolute atomic E-state index is 0.0964. The Morgan fingerprint density at radius 2 is 2.11 bits per heavy atom. The molecular formula is C19H25N5O3. The van der Waals surface area contributed by atoms with Gasteiger partial charge in [-0.15, -0.1) is 0 Å². The van der Waals surface area contributed by atoms with Crippen LogP contribution in [0.25, 0.3) is 11.4 Å². The summed E-state index contributed by atoms with van der Waals surface area (Å²) in [6, 6.07) is 9.25. The molecule has 1 saturated heterocycles. The maximum atomic E-state index is 12.6. The van der Waals surface area contributed by atoms with E-state index < -0.39 is 6.04 Å². The van der Waals surface area contributed by atoms with Gasteiger partial charge < -0.3 is 14.7 Å². The number of carbonyl (C=O) groups is 2. The van der Waals surface area contributed by atoms with Gasteiger partial charge in [0.15, 0.2) is 0 Å². The van der Waals surface area contributed by atoms with Crippen molar-refractivity contribution in [3.05, 3.63) is 36.2 Å². The van der Waals surface area contributed by atoms with Crippen molar-refractivity contribution in [1.82, 2.24) is 25.3 Å². The predicted molar refractivity (Wildman–Crippen MR) is 99.5 cm³/mol. The molecule has 1 aromatic heterocycles. The number of carbonyl (C=O) groups excluding carboxylic acids is 2. The minimum atomic E-state index is -0.448. The number of aromatic nitrogens is 2. The fraction of sp³-hybridized carbons (Fsp3) is 0.474. The summed E-state index contributed by atoms with van der Waals surface area (Å²) in [5.41, 5.74) is 0.855. The molecule has 1 aliphatic rings. The molecule has 2 heterocycles. The quantitative estimate of drug-likeness (QED) is 0.823. The summed E-state index contributed by atoms with van der Waals surface area (Å²) >= 11 is 0. The Balaban J connectivity index is 1.62. The van der Waals surface area contributed by atoms with Crippen LogP contribution in [0.15, 0.2) is 34.9 Å². The molecule has 8 heteroatoms. The van der Waals surface area contributed by atoms with Crippen molar-refractivity contribution in [2.75, 3.05) is 20.1 Å². The largest absolute Gasteiger partial charge is 0.353 e. The third-order valence-electron chi connectivity index (χ3n) is 4.70. The Morgan fingerprint density at radius 1 is 1.37 bits per heavy atom. The molecular weight excluding hydrogens is 346 g/mol. The van der Waals surface area contributed by atoms with Gasteiger partial charge in [0.05, 0.1) is 19.0 Å². The van der Waals surface area contributed by atoms with E-state index in [4.69, 9.17) is 4.52 Å². The van der Waals surface area contributed by atoms with E-state index in [-0.39, 0.29) is 30.8 Å². The zero-order chi connectivity index (χ0) is 19.4. The topological polar surface area (TPSA) is 91.6 Å². The van der Waals surface area contributed by atoms with Gasteiger partial charge in [-0.25, -0.2) is 0 Å². The van der Waals surface area contributed by atoms with Gasteiger partial charge >= 0.3 is 0 Å². The van der Waals surface area contributed by atoms with E-state index in [0.717, 1.165) is 12.1 Å². The molecule has 1 aliphatic heterocycles. The predicted octanol–water partition coefficient (Wildman–Crippen LogP) is 1.29. The Bertz CT molecular complexity index is 790. The van der Waals surface area contributed by atoms with Crippen molar-refractivity contribution in [3.8, 4) is 11.4 Å². The van der Waals surface area contributed by atoms with Gasteiger partial charge in [0.2, 0.25) is 23.5 Å². The lowest BCUT2D eigenvalue weighted by Crippen LogP contribution is -2.58. The molecule has 0 saturated carbocycles. The van der Waals surface area contributed by atoms with E-state index in [1.54, 1.807) is 7.05 Å². The van der Waals surface area contributed by atoms with Crippen molar-refractivity contribution < 1.29 is 14.1 Å². The first-order valence-electron chi connectivity index (χ1n) is 9.11. The van der Waals surface area contributed by atoms with Crippen LogP contribution in [0, 0.1) is 0 Å². The summed E-state index contributed by atoms with van der Waals surface area (Å²) in [5, 5.41) is 6.81. The van der Waals surface area contributed by atoms with Gasteiger partial charge in [0.25, 0.3) is 0 Å². The van der Waals surface area contributed by atoms with Crippen molar-refractivity contribution in [1.29, 1.82) is 0 Å². The fourth-order valence-electron chi connectivity index (χ4n) is 3.20. The minimum Gasteiger partial charge on any atom is -0.353 e. The highest BCUT2D eigenvalue weighted by Gasteiger charge is 2.33. The van der Waals surface area contributed by atoms with Crippen LogP contribution < -0.4 is 5.32 Å². The summed E-state index contributed by atoms with van der Waals surface area (Å²) in [5.74, 6) is 0.616. The summed E-state index contributed by atoms with van der Waals surface area (Å²) in [6.45, 7) is 5.62. The molecule has 27 heavy (non-hydrogen) atoms. The average Bonchev–Trinajstić information content (AvgIpc) is 3.12. The molecule has 2 aromatic rings. The number of benzene rings is 1.